The molecule has 3 N–H and O–H groups in total. The first-order valence-electron chi connectivity index (χ1n) is 6.78. The van der Waals surface area contributed by atoms with Gasteiger partial charge in [-0.2, -0.15) is 4.98 Å². The van der Waals surface area contributed by atoms with Gasteiger partial charge in [0.05, 0.1) is 12.7 Å². The van der Waals surface area contributed by atoms with Crippen molar-refractivity contribution in [1.29, 1.82) is 0 Å². The van der Waals surface area contributed by atoms with Crippen LogP contribution in [0.1, 0.15) is 43.6 Å². The maximum Gasteiger partial charge on any atom is 0.246 e. The Labute approximate surface area is 111 Å². The molecule has 0 spiro atoms. The molecule has 2 unspecified atom stereocenters. The smallest absolute Gasteiger partial charge is 0.246 e. The SMILES string of the molecule is C[C@@H](O)[C@H](N)c1nc(C2CN3CCCC3CO2)no1. The quantitative estimate of drug-likeness (QED) is 0.795. The number of aliphatic hydroxyl groups is 1. The van der Waals surface area contributed by atoms with Crippen LogP contribution in [0.3, 0.4) is 0 Å². The highest BCUT2D eigenvalue weighted by molar-refractivity contribution is 4.99. The molecule has 2 saturated heterocycles. The van der Waals surface area contributed by atoms with E-state index in [0.717, 1.165) is 19.7 Å². The number of nitrogens with two attached hydrogens (primary N) is 1. The Kier molecular flexibility index (Phi) is 3.53. The van der Waals surface area contributed by atoms with E-state index in [1.54, 1.807) is 6.92 Å². The molecule has 7 heteroatoms. The Morgan fingerprint density at radius 1 is 1.53 bits per heavy atom. The summed E-state index contributed by atoms with van der Waals surface area (Å²) in [4.78, 5) is 6.67. The molecule has 106 valence electrons. The van der Waals surface area contributed by atoms with Gasteiger partial charge >= 0.3 is 0 Å². The van der Waals surface area contributed by atoms with Crippen molar-refractivity contribution >= 4 is 0 Å². The number of aliphatic hydroxyl groups excluding tert-OH is 1. The maximum atomic E-state index is 9.42. The first-order valence-corrected chi connectivity index (χ1v) is 6.78. The van der Waals surface area contributed by atoms with Gasteiger partial charge in [-0.3, -0.25) is 4.90 Å². The molecule has 2 fully saturated rings. The van der Waals surface area contributed by atoms with Crippen LogP contribution < -0.4 is 5.73 Å². The van der Waals surface area contributed by atoms with Crippen molar-refractivity contribution in [3.05, 3.63) is 11.7 Å². The van der Waals surface area contributed by atoms with Crippen molar-refractivity contribution in [3.63, 3.8) is 0 Å². The largest absolute Gasteiger partial charge is 0.391 e. The lowest BCUT2D eigenvalue weighted by atomic mass is 10.2. The average molecular weight is 268 g/mol. The van der Waals surface area contributed by atoms with Crippen LogP contribution in [0.5, 0.6) is 0 Å². The minimum absolute atomic E-state index is 0.159. The first kappa shape index (κ1) is 13.0. The summed E-state index contributed by atoms with van der Waals surface area (Å²) in [5.74, 6) is 0.786. The lowest BCUT2D eigenvalue weighted by molar-refractivity contribution is -0.0548. The normalized spacial score (nSPS) is 31.1. The van der Waals surface area contributed by atoms with Gasteiger partial charge < -0.3 is 20.1 Å². The maximum absolute atomic E-state index is 9.42. The van der Waals surface area contributed by atoms with E-state index in [1.807, 2.05) is 0 Å². The zero-order valence-electron chi connectivity index (χ0n) is 11.0. The fourth-order valence-corrected chi connectivity index (χ4v) is 2.69. The van der Waals surface area contributed by atoms with Gasteiger partial charge in [0, 0.05) is 12.6 Å². The Morgan fingerprint density at radius 2 is 2.37 bits per heavy atom. The molecule has 2 aliphatic heterocycles. The molecule has 4 atom stereocenters. The topological polar surface area (TPSA) is 97.6 Å². The Bertz CT molecular complexity index is 436. The van der Waals surface area contributed by atoms with Crippen LogP contribution in [0.4, 0.5) is 0 Å². The predicted octanol–water partition coefficient (Wildman–Crippen LogP) is -0.0141. The highest BCUT2D eigenvalue weighted by Gasteiger charge is 2.35. The van der Waals surface area contributed by atoms with E-state index in [0.29, 0.717) is 11.9 Å². The fourth-order valence-electron chi connectivity index (χ4n) is 2.69. The van der Waals surface area contributed by atoms with Gasteiger partial charge in [0.25, 0.3) is 0 Å². The number of rotatable bonds is 3. The molecule has 7 nitrogen and oxygen atoms in total. The molecule has 2 aliphatic rings. The molecule has 3 heterocycles. The molecule has 0 saturated carbocycles. The van der Waals surface area contributed by atoms with Gasteiger partial charge in [0.15, 0.2) is 0 Å². The van der Waals surface area contributed by atoms with E-state index in [2.05, 4.69) is 15.0 Å². The summed E-state index contributed by atoms with van der Waals surface area (Å²) in [6.45, 7) is 4.23. The minimum atomic E-state index is -0.719. The summed E-state index contributed by atoms with van der Waals surface area (Å²) in [7, 11) is 0. The molecule has 3 rings (SSSR count). The zero-order valence-corrected chi connectivity index (χ0v) is 11.0. The van der Waals surface area contributed by atoms with Gasteiger partial charge in [0.1, 0.15) is 12.1 Å². The lowest BCUT2D eigenvalue weighted by Gasteiger charge is -2.33. The molecule has 1 aromatic rings. The summed E-state index contributed by atoms with van der Waals surface area (Å²) in [5, 5.41) is 13.4. The van der Waals surface area contributed by atoms with Gasteiger partial charge in [-0.1, -0.05) is 5.16 Å². The molecule has 0 amide bonds. The van der Waals surface area contributed by atoms with E-state index in [-0.39, 0.29) is 12.0 Å². The van der Waals surface area contributed by atoms with Crippen LogP contribution in [0.25, 0.3) is 0 Å². The van der Waals surface area contributed by atoms with Crippen LogP contribution in [-0.4, -0.2) is 52.0 Å². The second-order valence-corrected chi connectivity index (χ2v) is 5.37. The van der Waals surface area contributed by atoms with Crippen molar-refractivity contribution in [2.24, 2.45) is 5.73 Å². The lowest BCUT2D eigenvalue weighted by Crippen LogP contribution is -2.42. The van der Waals surface area contributed by atoms with Crippen molar-refractivity contribution < 1.29 is 14.4 Å². The molecule has 0 radical (unpaired) electrons. The van der Waals surface area contributed by atoms with E-state index in [1.165, 1.54) is 12.8 Å². The van der Waals surface area contributed by atoms with Gasteiger partial charge in [-0.15, -0.1) is 0 Å². The van der Waals surface area contributed by atoms with Crippen molar-refractivity contribution in [3.8, 4) is 0 Å². The number of morpholine rings is 1. The standard InChI is InChI=1S/C12H20N4O3/c1-7(17)10(13)12-14-11(15-19-12)9-5-16-4-2-3-8(16)6-18-9/h7-10,17H,2-6,13H2,1H3/t7-,8?,9?,10+/m1/s1. The number of aromatic nitrogens is 2. The van der Waals surface area contributed by atoms with Gasteiger partial charge in [-0.25, -0.2) is 0 Å². The van der Waals surface area contributed by atoms with Crippen molar-refractivity contribution in [2.45, 2.75) is 44.1 Å². The number of fused-ring (bicyclic) bond motifs is 1. The zero-order chi connectivity index (χ0) is 13.4. The second kappa shape index (κ2) is 5.16. The number of hydrogen-bond donors (Lipinski definition) is 2. The second-order valence-electron chi connectivity index (χ2n) is 5.37. The molecule has 1 aromatic heterocycles. The van der Waals surface area contributed by atoms with Crippen LogP contribution in [-0.2, 0) is 4.74 Å². The van der Waals surface area contributed by atoms with E-state index in [9.17, 15) is 5.11 Å². The molecular formula is C12H20N4O3. The molecule has 0 aromatic carbocycles. The third kappa shape index (κ3) is 2.51. The molecular weight excluding hydrogens is 248 g/mol. The van der Waals surface area contributed by atoms with E-state index >= 15 is 0 Å². The number of nitrogens with zero attached hydrogens (tertiary/aromatic N) is 3. The highest BCUT2D eigenvalue weighted by Crippen LogP contribution is 2.29. The molecule has 0 bridgehead atoms. The first-order chi connectivity index (χ1) is 9.15. The van der Waals surface area contributed by atoms with Crippen LogP contribution >= 0.6 is 0 Å². The Morgan fingerprint density at radius 3 is 3.16 bits per heavy atom. The highest BCUT2D eigenvalue weighted by atomic mass is 16.5. The van der Waals surface area contributed by atoms with Crippen LogP contribution in [0, 0.1) is 0 Å². The third-order valence-corrected chi connectivity index (χ3v) is 3.94. The van der Waals surface area contributed by atoms with Crippen molar-refractivity contribution in [2.75, 3.05) is 19.7 Å². The van der Waals surface area contributed by atoms with E-state index < -0.39 is 12.1 Å². The fraction of sp³-hybridized carbons (Fsp3) is 0.833. The number of hydrogen-bond acceptors (Lipinski definition) is 7. The Hall–Kier alpha value is -1.02. The summed E-state index contributed by atoms with van der Waals surface area (Å²) < 4.78 is 10.9. The number of ether oxygens (including phenoxy) is 1. The van der Waals surface area contributed by atoms with Gasteiger partial charge in [0.2, 0.25) is 11.7 Å². The molecule has 0 aliphatic carbocycles. The van der Waals surface area contributed by atoms with Crippen molar-refractivity contribution in [1.82, 2.24) is 15.0 Å². The van der Waals surface area contributed by atoms with Gasteiger partial charge in [-0.05, 0) is 26.3 Å². The van der Waals surface area contributed by atoms with Crippen LogP contribution in [0.15, 0.2) is 4.52 Å². The summed E-state index contributed by atoms with van der Waals surface area (Å²) >= 11 is 0. The molecule has 19 heavy (non-hydrogen) atoms. The van der Waals surface area contributed by atoms with Crippen LogP contribution in [0.2, 0.25) is 0 Å². The Balaban J connectivity index is 1.69. The minimum Gasteiger partial charge on any atom is -0.391 e. The summed E-state index contributed by atoms with van der Waals surface area (Å²) in [5.41, 5.74) is 5.77. The summed E-state index contributed by atoms with van der Waals surface area (Å²) in [6, 6.07) is -0.105. The monoisotopic (exact) mass is 268 g/mol. The average Bonchev–Trinajstić information content (AvgIpc) is 3.05. The summed E-state index contributed by atoms with van der Waals surface area (Å²) in [6.07, 6.45) is 1.55. The van der Waals surface area contributed by atoms with E-state index in [4.69, 9.17) is 15.0 Å². The third-order valence-electron chi connectivity index (χ3n) is 3.94. The predicted molar refractivity (Wildman–Crippen MR) is 66.2 cm³/mol.